The van der Waals surface area contributed by atoms with Crippen LogP contribution in [0.1, 0.15) is 40.9 Å². The Morgan fingerprint density at radius 2 is 1.90 bits per heavy atom. The average molecular weight is 405 g/mol. The smallest absolute Gasteiger partial charge is 0.255 e. The molecular weight excluding hydrogens is 381 g/mol. The van der Waals surface area contributed by atoms with E-state index >= 15 is 0 Å². The Hall–Kier alpha value is -3.34. The molecule has 0 atom stereocenters. The number of amides is 1. The number of hydrogen-bond acceptors (Lipinski definition) is 3. The Bertz CT molecular complexity index is 1090. The predicted octanol–water partition coefficient (Wildman–Crippen LogP) is 5.68. The molecule has 0 spiro atoms. The lowest BCUT2D eigenvalue weighted by atomic mass is 10.0. The van der Waals surface area contributed by atoms with Crippen LogP contribution in [0.4, 0.5) is 10.1 Å². The molecule has 0 aromatic heterocycles. The highest BCUT2D eigenvalue weighted by atomic mass is 19.1. The molecule has 5 heteroatoms. The second-order valence-electron chi connectivity index (χ2n) is 8.19. The van der Waals surface area contributed by atoms with E-state index in [0.29, 0.717) is 23.4 Å². The Labute approximate surface area is 175 Å². The van der Waals surface area contributed by atoms with E-state index in [1.165, 1.54) is 6.07 Å². The van der Waals surface area contributed by atoms with Gasteiger partial charge in [0, 0.05) is 23.2 Å². The highest BCUT2D eigenvalue weighted by Gasteiger charge is 2.32. The van der Waals surface area contributed by atoms with Gasteiger partial charge in [0.05, 0.1) is 0 Å². The third-order valence-electron chi connectivity index (χ3n) is 5.10. The molecule has 30 heavy (non-hydrogen) atoms. The molecule has 1 aliphatic heterocycles. The maximum Gasteiger partial charge on any atom is 0.255 e. The first kappa shape index (κ1) is 20.0. The van der Waals surface area contributed by atoms with Crippen molar-refractivity contribution in [2.24, 2.45) is 0 Å². The number of aryl methyl sites for hydroxylation is 1. The number of carbonyl (C=O) groups is 1. The summed E-state index contributed by atoms with van der Waals surface area (Å²) < 4.78 is 25.7. The zero-order chi connectivity index (χ0) is 21.3. The lowest BCUT2D eigenvalue weighted by Gasteiger charge is -2.18. The largest absolute Gasteiger partial charge is 0.485 e. The molecule has 4 nitrogen and oxygen atoms in total. The fourth-order valence-corrected chi connectivity index (χ4v) is 3.49. The van der Waals surface area contributed by atoms with E-state index in [0.717, 1.165) is 29.0 Å². The summed E-state index contributed by atoms with van der Waals surface area (Å²) in [5, 5.41) is 2.71. The quantitative estimate of drug-likeness (QED) is 0.594. The number of benzene rings is 3. The summed E-state index contributed by atoms with van der Waals surface area (Å²) in [6, 6.07) is 17.7. The highest BCUT2D eigenvalue weighted by Crippen LogP contribution is 2.41. The maximum atomic E-state index is 13.7. The summed E-state index contributed by atoms with van der Waals surface area (Å²) in [4.78, 5) is 12.4. The number of halogens is 1. The van der Waals surface area contributed by atoms with Gasteiger partial charge in [0.1, 0.15) is 18.0 Å². The van der Waals surface area contributed by atoms with E-state index < -0.39 is 0 Å². The van der Waals surface area contributed by atoms with Crippen molar-refractivity contribution in [3.05, 3.63) is 88.7 Å². The summed E-state index contributed by atoms with van der Waals surface area (Å²) >= 11 is 0. The number of hydrogen-bond donors (Lipinski definition) is 1. The minimum atomic E-state index is -0.347. The third kappa shape index (κ3) is 4.30. The molecule has 1 amide bonds. The van der Waals surface area contributed by atoms with Crippen molar-refractivity contribution >= 4 is 11.6 Å². The Morgan fingerprint density at radius 1 is 1.13 bits per heavy atom. The maximum absolute atomic E-state index is 13.7. The molecular formula is C25H24FNO3. The predicted molar refractivity (Wildman–Crippen MR) is 115 cm³/mol. The molecule has 3 aromatic carbocycles. The van der Waals surface area contributed by atoms with E-state index in [1.54, 1.807) is 31.2 Å². The van der Waals surface area contributed by atoms with Gasteiger partial charge < -0.3 is 14.8 Å². The summed E-state index contributed by atoms with van der Waals surface area (Å²) in [5.41, 5.74) is 3.31. The van der Waals surface area contributed by atoms with Gasteiger partial charge in [0.15, 0.2) is 11.5 Å². The second kappa shape index (κ2) is 7.82. The highest BCUT2D eigenvalue weighted by molar-refractivity contribution is 6.04. The van der Waals surface area contributed by atoms with E-state index in [9.17, 15) is 9.18 Å². The van der Waals surface area contributed by atoms with Crippen molar-refractivity contribution < 1.29 is 18.7 Å². The SMILES string of the molecule is Cc1ccc(NC(=O)c2ccc(COc3cccc4c3OC(C)(C)C4)cc2)cc1F. The van der Waals surface area contributed by atoms with Crippen molar-refractivity contribution in [3.8, 4) is 11.5 Å². The number of anilines is 1. The van der Waals surface area contributed by atoms with Crippen LogP contribution >= 0.6 is 0 Å². The van der Waals surface area contributed by atoms with Crippen LogP contribution in [0.5, 0.6) is 11.5 Å². The van der Waals surface area contributed by atoms with E-state index in [4.69, 9.17) is 9.47 Å². The minimum absolute atomic E-state index is 0.225. The van der Waals surface area contributed by atoms with Gasteiger partial charge in [0.2, 0.25) is 0 Å². The number of para-hydroxylation sites is 1. The fourth-order valence-electron chi connectivity index (χ4n) is 3.49. The van der Waals surface area contributed by atoms with Crippen molar-refractivity contribution in [1.29, 1.82) is 0 Å². The zero-order valence-corrected chi connectivity index (χ0v) is 17.3. The Kier molecular flexibility index (Phi) is 5.20. The number of ether oxygens (including phenoxy) is 2. The molecule has 3 aromatic rings. The average Bonchev–Trinajstić information content (AvgIpc) is 3.04. The lowest BCUT2D eigenvalue weighted by Crippen LogP contribution is -2.24. The van der Waals surface area contributed by atoms with Crippen molar-refractivity contribution in [2.45, 2.75) is 39.4 Å². The molecule has 0 aliphatic carbocycles. The van der Waals surface area contributed by atoms with Gasteiger partial charge in [-0.3, -0.25) is 4.79 Å². The Morgan fingerprint density at radius 3 is 2.63 bits per heavy atom. The van der Waals surface area contributed by atoms with Gasteiger partial charge in [-0.2, -0.15) is 0 Å². The van der Waals surface area contributed by atoms with Gasteiger partial charge in [0.25, 0.3) is 5.91 Å². The van der Waals surface area contributed by atoms with Crippen LogP contribution in [-0.2, 0) is 13.0 Å². The van der Waals surface area contributed by atoms with E-state index in [1.807, 2.05) is 24.3 Å². The standard InChI is InChI=1S/C25H24FNO3/c1-16-7-12-20(13-21(16)26)27-24(28)18-10-8-17(9-11-18)15-29-22-6-4-5-19-14-25(2,3)30-23(19)22/h4-13H,14-15H2,1-3H3,(H,27,28). The van der Waals surface area contributed by atoms with Crippen LogP contribution < -0.4 is 14.8 Å². The van der Waals surface area contributed by atoms with Crippen LogP contribution in [-0.4, -0.2) is 11.5 Å². The summed E-state index contributed by atoms with van der Waals surface area (Å²) in [6.45, 7) is 6.17. The minimum Gasteiger partial charge on any atom is -0.485 e. The third-order valence-corrected chi connectivity index (χ3v) is 5.10. The van der Waals surface area contributed by atoms with Crippen molar-refractivity contribution in [2.75, 3.05) is 5.32 Å². The van der Waals surface area contributed by atoms with Gasteiger partial charge >= 0.3 is 0 Å². The molecule has 1 aliphatic rings. The zero-order valence-electron chi connectivity index (χ0n) is 17.3. The fraction of sp³-hybridized carbons (Fsp3) is 0.240. The summed E-state index contributed by atoms with van der Waals surface area (Å²) in [5.74, 6) is 0.896. The number of rotatable bonds is 5. The first-order valence-electron chi connectivity index (χ1n) is 9.91. The van der Waals surface area contributed by atoms with Crippen LogP contribution in [0, 0.1) is 12.7 Å². The Balaban J connectivity index is 1.39. The normalized spacial score (nSPS) is 14.0. The molecule has 0 bridgehead atoms. The van der Waals surface area contributed by atoms with Crippen LogP contribution in [0.3, 0.4) is 0 Å². The van der Waals surface area contributed by atoms with E-state index in [2.05, 4.69) is 25.2 Å². The lowest BCUT2D eigenvalue weighted by molar-refractivity contribution is 0.102. The molecule has 0 radical (unpaired) electrons. The molecule has 4 rings (SSSR count). The monoisotopic (exact) mass is 405 g/mol. The van der Waals surface area contributed by atoms with Crippen molar-refractivity contribution in [3.63, 3.8) is 0 Å². The van der Waals surface area contributed by atoms with Gasteiger partial charge in [-0.25, -0.2) is 4.39 Å². The van der Waals surface area contributed by atoms with Gasteiger partial charge in [-0.05, 0) is 62.2 Å². The van der Waals surface area contributed by atoms with E-state index in [-0.39, 0.29) is 17.3 Å². The first-order valence-corrected chi connectivity index (χ1v) is 9.91. The first-order chi connectivity index (χ1) is 14.3. The molecule has 0 unspecified atom stereocenters. The van der Waals surface area contributed by atoms with Gasteiger partial charge in [-0.1, -0.05) is 30.3 Å². The van der Waals surface area contributed by atoms with Crippen molar-refractivity contribution in [1.82, 2.24) is 0 Å². The second-order valence-corrected chi connectivity index (χ2v) is 8.19. The molecule has 1 N–H and O–H groups in total. The number of fused-ring (bicyclic) bond motifs is 1. The van der Waals surface area contributed by atoms with Crippen LogP contribution in [0.2, 0.25) is 0 Å². The number of carbonyl (C=O) groups excluding carboxylic acids is 1. The molecule has 1 heterocycles. The van der Waals surface area contributed by atoms with Crippen LogP contribution in [0.15, 0.2) is 60.7 Å². The summed E-state index contributed by atoms with van der Waals surface area (Å²) in [7, 11) is 0. The van der Waals surface area contributed by atoms with Crippen LogP contribution in [0.25, 0.3) is 0 Å². The molecule has 0 saturated heterocycles. The number of nitrogens with one attached hydrogen (secondary N) is 1. The molecule has 0 saturated carbocycles. The molecule has 0 fully saturated rings. The topological polar surface area (TPSA) is 47.6 Å². The summed E-state index contributed by atoms with van der Waals surface area (Å²) in [6.07, 6.45) is 0.855. The molecule has 154 valence electrons. The van der Waals surface area contributed by atoms with Gasteiger partial charge in [-0.15, -0.1) is 0 Å².